The second kappa shape index (κ2) is 4.68. The molecular weight excluding hydrogens is 194 g/mol. The van der Waals surface area contributed by atoms with Crippen LogP contribution >= 0.6 is 0 Å². The molecule has 4 nitrogen and oxygen atoms in total. The molecule has 0 saturated carbocycles. The van der Waals surface area contributed by atoms with Crippen molar-refractivity contribution in [2.24, 2.45) is 0 Å². The molecule has 0 aromatic heterocycles. The fourth-order valence-corrected chi connectivity index (χ4v) is 1.21. The Morgan fingerprint density at radius 2 is 2.13 bits per heavy atom. The third kappa shape index (κ3) is 2.87. The standard InChI is InChI=1S/C11H15NO3/c1-7(2)12-11(14)9-5-4-8(13)6-10(9)15-3/h4-7,13H,1-3H3,(H,12,14). The molecular formula is C11H15NO3. The van der Waals surface area contributed by atoms with Crippen LogP contribution in [0.15, 0.2) is 18.2 Å². The SMILES string of the molecule is COc1cc(O)ccc1C(=O)NC(C)C. The average molecular weight is 209 g/mol. The first-order valence-corrected chi connectivity index (χ1v) is 4.72. The maximum Gasteiger partial charge on any atom is 0.255 e. The Kier molecular flexibility index (Phi) is 3.55. The van der Waals surface area contributed by atoms with E-state index in [-0.39, 0.29) is 17.7 Å². The van der Waals surface area contributed by atoms with E-state index < -0.39 is 0 Å². The lowest BCUT2D eigenvalue weighted by atomic mass is 10.1. The van der Waals surface area contributed by atoms with Crippen LogP contribution in [0.1, 0.15) is 24.2 Å². The largest absolute Gasteiger partial charge is 0.508 e. The quantitative estimate of drug-likeness (QED) is 0.793. The molecule has 82 valence electrons. The number of amides is 1. The van der Waals surface area contributed by atoms with Gasteiger partial charge >= 0.3 is 0 Å². The number of carbonyl (C=O) groups is 1. The number of phenols is 1. The van der Waals surface area contributed by atoms with Crippen LogP contribution < -0.4 is 10.1 Å². The van der Waals surface area contributed by atoms with Gasteiger partial charge in [0, 0.05) is 12.1 Å². The highest BCUT2D eigenvalue weighted by Crippen LogP contribution is 2.23. The van der Waals surface area contributed by atoms with Gasteiger partial charge in [-0.15, -0.1) is 0 Å². The van der Waals surface area contributed by atoms with Crippen LogP contribution in [0.25, 0.3) is 0 Å². The molecule has 0 atom stereocenters. The summed E-state index contributed by atoms with van der Waals surface area (Å²) in [6.07, 6.45) is 0. The molecule has 0 radical (unpaired) electrons. The highest BCUT2D eigenvalue weighted by atomic mass is 16.5. The van der Waals surface area contributed by atoms with Gasteiger partial charge in [0.25, 0.3) is 5.91 Å². The molecule has 15 heavy (non-hydrogen) atoms. The van der Waals surface area contributed by atoms with Gasteiger partial charge < -0.3 is 15.2 Å². The van der Waals surface area contributed by atoms with Gasteiger partial charge in [-0.1, -0.05) is 0 Å². The minimum Gasteiger partial charge on any atom is -0.508 e. The van der Waals surface area contributed by atoms with Crippen LogP contribution in [0.2, 0.25) is 0 Å². The van der Waals surface area contributed by atoms with E-state index in [0.717, 1.165) is 0 Å². The van der Waals surface area contributed by atoms with Crippen molar-refractivity contribution in [3.8, 4) is 11.5 Å². The zero-order valence-electron chi connectivity index (χ0n) is 9.07. The number of phenolic OH excluding ortho intramolecular Hbond substituents is 1. The topological polar surface area (TPSA) is 58.6 Å². The van der Waals surface area contributed by atoms with Crippen LogP contribution in [0.4, 0.5) is 0 Å². The zero-order chi connectivity index (χ0) is 11.4. The van der Waals surface area contributed by atoms with Crippen molar-refractivity contribution in [3.63, 3.8) is 0 Å². The monoisotopic (exact) mass is 209 g/mol. The number of ether oxygens (including phenoxy) is 1. The molecule has 0 fully saturated rings. The Morgan fingerprint density at radius 3 is 2.67 bits per heavy atom. The smallest absolute Gasteiger partial charge is 0.255 e. The number of hydrogen-bond acceptors (Lipinski definition) is 3. The predicted molar refractivity (Wildman–Crippen MR) is 57.3 cm³/mol. The summed E-state index contributed by atoms with van der Waals surface area (Å²) >= 11 is 0. The van der Waals surface area contributed by atoms with Crippen LogP contribution in [0, 0.1) is 0 Å². The van der Waals surface area contributed by atoms with Crippen LogP contribution in [0.5, 0.6) is 11.5 Å². The lowest BCUT2D eigenvalue weighted by Crippen LogP contribution is -2.30. The van der Waals surface area contributed by atoms with Crippen LogP contribution in [-0.2, 0) is 0 Å². The highest BCUT2D eigenvalue weighted by Gasteiger charge is 2.13. The van der Waals surface area contributed by atoms with Gasteiger partial charge in [-0.3, -0.25) is 4.79 Å². The molecule has 0 aliphatic rings. The number of aromatic hydroxyl groups is 1. The Balaban J connectivity index is 2.97. The van der Waals surface area contributed by atoms with Gasteiger partial charge in [-0.2, -0.15) is 0 Å². The third-order valence-electron chi connectivity index (χ3n) is 1.85. The Hall–Kier alpha value is -1.71. The number of nitrogens with one attached hydrogen (secondary N) is 1. The van der Waals surface area contributed by atoms with Crippen molar-refractivity contribution in [1.29, 1.82) is 0 Å². The van der Waals surface area contributed by atoms with E-state index in [2.05, 4.69) is 5.32 Å². The van der Waals surface area contributed by atoms with E-state index in [1.807, 2.05) is 13.8 Å². The zero-order valence-corrected chi connectivity index (χ0v) is 9.07. The van der Waals surface area contributed by atoms with Crippen molar-refractivity contribution in [1.82, 2.24) is 5.32 Å². The van der Waals surface area contributed by atoms with E-state index in [9.17, 15) is 9.90 Å². The van der Waals surface area contributed by atoms with Gasteiger partial charge in [-0.25, -0.2) is 0 Å². The fourth-order valence-electron chi connectivity index (χ4n) is 1.21. The van der Waals surface area contributed by atoms with E-state index in [0.29, 0.717) is 11.3 Å². The number of carbonyl (C=O) groups excluding carboxylic acids is 1. The molecule has 0 bridgehead atoms. The summed E-state index contributed by atoms with van der Waals surface area (Å²) in [7, 11) is 1.46. The third-order valence-corrected chi connectivity index (χ3v) is 1.85. The Labute approximate surface area is 88.9 Å². The van der Waals surface area contributed by atoms with Gasteiger partial charge in [0.2, 0.25) is 0 Å². The predicted octanol–water partition coefficient (Wildman–Crippen LogP) is 1.54. The lowest BCUT2D eigenvalue weighted by Gasteiger charge is -2.11. The summed E-state index contributed by atoms with van der Waals surface area (Å²) in [5, 5.41) is 12.0. The summed E-state index contributed by atoms with van der Waals surface area (Å²) in [4.78, 5) is 11.7. The summed E-state index contributed by atoms with van der Waals surface area (Å²) in [6.45, 7) is 3.76. The second-order valence-electron chi connectivity index (χ2n) is 3.51. The summed E-state index contributed by atoms with van der Waals surface area (Å²) in [5.41, 5.74) is 0.420. The molecule has 0 aliphatic heterocycles. The fraction of sp³-hybridized carbons (Fsp3) is 0.364. The van der Waals surface area contributed by atoms with Crippen LogP contribution in [-0.4, -0.2) is 24.2 Å². The molecule has 0 saturated heterocycles. The number of rotatable bonds is 3. The molecule has 2 N–H and O–H groups in total. The number of benzene rings is 1. The molecule has 0 aliphatic carbocycles. The normalized spacial score (nSPS) is 10.1. The van der Waals surface area contributed by atoms with Gasteiger partial charge in [0.15, 0.2) is 0 Å². The average Bonchev–Trinajstić information content (AvgIpc) is 2.16. The van der Waals surface area contributed by atoms with Crippen molar-refractivity contribution < 1.29 is 14.6 Å². The van der Waals surface area contributed by atoms with Gasteiger partial charge in [-0.05, 0) is 26.0 Å². The molecule has 0 unspecified atom stereocenters. The van der Waals surface area contributed by atoms with Crippen molar-refractivity contribution in [2.45, 2.75) is 19.9 Å². The lowest BCUT2D eigenvalue weighted by molar-refractivity contribution is 0.0940. The first-order chi connectivity index (χ1) is 7.04. The maximum atomic E-state index is 11.7. The Bertz CT molecular complexity index is 361. The van der Waals surface area contributed by atoms with Gasteiger partial charge in [0.05, 0.1) is 12.7 Å². The molecule has 0 spiro atoms. The van der Waals surface area contributed by atoms with E-state index in [4.69, 9.17) is 4.74 Å². The minimum atomic E-state index is -0.207. The van der Waals surface area contributed by atoms with Crippen molar-refractivity contribution in [2.75, 3.05) is 7.11 Å². The number of hydrogen-bond donors (Lipinski definition) is 2. The summed E-state index contributed by atoms with van der Waals surface area (Å²) < 4.78 is 5.01. The van der Waals surface area contributed by atoms with Crippen LogP contribution in [0.3, 0.4) is 0 Å². The minimum absolute atomic E-state index is 0.0657. The molecule has 4 heteroatoms. The highest BCUT2D eigenvalue weighted by molar-refractivity contribution is 5.97. The summed E-state index contributed by atoms with van der Waals surface area (Å²) in [5.74, 6) is 0.239. The maximum absolute atomic E-state index is 11.7. The second-order valence-corrected chi connectivity index (χ2v) is 3.51. The molecule has 1 amide bonds. The molecule has 1 aromatic carbocycles. The first-order valence-electron chi connectivity index (χ1n) is 4.72. The Morgan fingerprint density at radius 1 is 1.47 bits per heavy atom. The van der Waals surface area contributed by atoms with Crippen molar-refractivity contribution in [3.05, 3.63) is 23.8 Å². The first kappa shape index (κ1) is 11.4. The van der Waals surface area contributed by atoms with E-state index in [1.165, 1.54) is 25.3 Å². The molecule has 1 rings (SSSR count). The van der Waals surface area contributed by atoms with E-state index >= 15 is 0 Å². The van der Waals surface area contributed by atoms with Crippen molar-refractivity contribution >= 4 is 5.91 Å². The molecule has 0 heterocycles. The van der Waals surface area contributed by atoms with Gasteiger partial charge in [0.1, 0.15) is 11.5 Å². The number of methoxy groups -OCH3 is 1. The summed E-state index contributed by atoms with van der Waals surface area (Å²) in [6, 6.07) is 4.47. The van der Waals surface area contributed by atoms with E-state index in [1.54, 1.807) is 0 Å². The molecule has 1 aromatic rings.